The first-order valence-electron chi connectivity index (χ1n) is 7.06. The van der Waals surface area contributed by atoms with E-state index in [4.69, 9.17) is 4.52 Å². The van der Waals surface area contributed by atoms with Crippen molar-refractivity contribution in [2.24, 2.45) is 5.92 Å². The van der Waals surface area contributed by atoms with Crippen molar-refractivity contribution < 1.29 is 4.52 Å². The number of rotatable bonds is 3. The van der Waals surface area contributed by atoms with Crippen LogP contribution >= 0.6 is 0 Å². The third kappa shape index (κ3) is 2.72. The van der Waals surface area contributed by atoms with Gasteiger partial charge in [0.15, 0.2) is 5.82 Å². The van der Waals surface area contributed by atoms with Gasteiger partial charge in [0.2, 0.25) is 5.89 Å². The van der Waals surface area contributed by atoms with Crippen molar-refractivity contribution in [2.45, 2.75) is 45.2 Å². The standard InChI is InChI=1S/C13H22N4O/c1-10-15-13(16-18-10)9-17-7-3-4-11(8-17)12-5-2-6-14-12/h11-12,14H,2-9H2,1H3. The smallest absolute Gasteiger partial charge is 0.223 e. The average Bonchev–Trinajstić information content (AvgIpc) is 3.01. The second-order valence-corrected chi connectivity index (χ2v) is 5.57. The number of hydrogen-bond acceptors (Lipinski definition) is 5. The lowest BCUT2D eigenvalue weighted by Crippen LogP contribution is -2.43. The van der Waals surface area contributed by atoms with E-state index in [0.29, 0.717) is 5.89 Å². The van der Waals surface area contributed by atoms with Gasteiger partial charge in [0.25, 0.3) is 0 Å². The molecule has 2 unspecified atom stereocenters. The number of aryl methyl sites for hydroxylation is 1. The lowest BCUT2D eigenvalue weighted by atomic mass is 9.90. The SMILES string of the molecule is Cc1nc(CN2CCCC(C3CCCN3)C2)no1. The molecule has 2 aliphatic heterocycles. The van der Waals surface area contributed by atoms with Gasteiger partial charge < -0.3 is 9.84 Å². The van der Waals surface area contributed by atoms with Crippen molar-refractivity contribution in [3.05, 3.63) is 11.7 Å². The number of hydrogen-bond donors (Lipinski definition) is 1. The number of nitrogens with zero attached hydrogens (tertiary/aromatic N) is 3. The van der Waals surface area contributed by atoms with Crippen LogP contribution in [0.3, 0.4) is 0 Å². The molecule has 0 bridgehead atoms. The number of nitrogens with one attached hydrogen (secondary N) is 1. The maximum Gasteiger partial charge on any atom is 0.223 e. The second-order valence-electron chi connectivity index (χ2n) is 5.57. The van der Waals surface area contributed by atoms with E-state index in [1.807, 2.05) is 6.92 Å². The molecule has 100 valence electrons. The summed E-state index contributed by atoms with van der Waals surface area (Å²) in [5, 5.41) is 7.63. The minimum Gasteiger partial charge on any atom is -0.340 e. The molecular formula is C13H22N4O. The fourth-order valence-electron chi connectivity index (χ4n) is 3.28. The van der Waals surface area contributed by atoms with Crippen LogP contribution in [-0.2, 0) is 6.54 Å². The molecule has 0 saturated carbocycles. The quantitative estimate of drug-likeness (QED) is 0.877. The Hall–Kier alpha value is -0.940. The maximum atomic E-state index is 5.03. The zero-order valence-corrected chi connectivity index (χ0v) is 11.1. The van der Waals surface area contributed by atoms with Crippen LogP contribution in [0.5, 0.6) is 0 Å². The van der Waals surface area contributed by atoms with Crippen LogP contribution in [0.25, 0.3) is 0 Å². The normalized spacial score (nSPS) is 29.8. The second kappa shape index (κ2) is 5.36. The van der Waals surface area contributed by atoms with Gasteiger partial charge >= 0.3 is 0 Å². The monoisotopic (exact) mass is 250 g/mol. The Kier molecular flexibility index (Phi) is 3.61. The first-order valence-corrected chi connectivity index (χ1v) is 7.06. The van der Waals surface area contributed by atoms with Crippen LogP contribution in [0.2, 0.25) is 0 Å². The summed E-state index contributed by atoms with van der Waals surface area (Å²) in [5.41, 5.74) is 0. The van der Waals surface area contributed by atoms with Gasteiger partial charge in [0.1, 0.15) is 0 Å². The summed E-state index contributed by atoms with van der Waals surface area (Å²) in [4.78, 5) is 6.76. The molecule has 2 fully saturated rings. The summed E-state index contributed by atoms with van der Waals surface area (Å²) in [6.45, 7) is 6.21. The molecule has 18 heavy (non-hydrogen) atoms. The van der Waals surface area contributed by atoms with E-state index < -0.39 is 0 Å². The Labute approximate surface area is 108 Å². The summed E-state index contributed by atoms with van der Waals surface area (Å²) in [7, 11) is 0. The van der Waals surface area contributed by atoms with Crippen molar-refractivity contribution >= 4 is 0 Å². The van der Waals surface area contributed by atoms with Crippen molar-refractivity contribution in [1.82, 2.24) is 20.4 Å². The number of piperidine rings is 1. The minimum atomic E-state index is 0.663. The Morgan fingerprint density at radius 2 is 2.33 bits per heavy atom. The van der Waals surface area contributed by atoms with Gasteiger partial charge in [-0.05, 0) is 44.7 Å². The molecule has 2 aliphatic rings. The molecule has 0 amide bonds. The molecular weight excluding hydrogens is 228 g/mol. The van der Waals surface area contributed by atoms with Crippen LogP contribution in [0, 0.1) is 12.8 Å². The summed E-state index contributed by atoms with van der Waals surface area (Å²) in [6, 6.07) is 0.736. The summed E-state index contributed by atoms with van der Waals surface area (Å²) in [5.74, 6) is 2.29. The minimum absolute atomic E-state index is 0.663. The highest BCUT2D eigenvalue weighted by Gasteiger charge is 2.29. The first kappa shape index (κ1) is 12.1. The molecule has 3 rings (SSSR count). The zero-order valence-electron chi connectivity index (χ0n) is 11.1. The molecule has 0 spiro atoms. The summed E-state index contributed by atoms with van der Waals surface area (Å²) < 4.78 is 5.03. The van der Waals surface area contributed by atoms with Crippen molar-refractivity contribution in [2.75, 3.05) is 19.6 Å². The van der Waals surface area contributed by atoms with Crippen LogP contribution in [0.1, 0.15) is 37.4 Å². The molecule has 0 aliphatic carbocycles. The molecule has 1 aromatic rings. The van der Waals surface area contributed by atoms with E-state index >= 15 is 0 Å². The van der Waals surface area contributed by atoms with Gasteiger partial charge in [0, 0.05) is 19.5 Å². The third-order valence-electron chi connectivity index (χ3n) is 4.14. The number of aromatic nitrogens is 2. The van der Waals surface area contributed by atoms with Crippen molar-refractivity contribution in [3.8, 4) is 0 Å². The van der Waals surface area contributed by atoms with E-state index in [-0.39, 0.29) is 0 Å². The number of likely N-dealkylation sites (tertiary alicyclic amines) is 1. The lowest BCUT2D eigenvalue weighted by Gasteiger charge is -2.35. The largest absolute Gasteiger partial charge is 0.340 e. The lowest BCUT2D eigenvalue weighted by molar-refractivity contribution is 0.141. The fraction of sp³-hybridized carbons (Fsp3) is 0.846. The van der Waals surface area contributed by atoms with Gasteiger partial charge in [0.05, 0.1) is 6.54 Å². The van der Waals surface area contributed by atoms with Crippen LogP contribution in [-0.4, -0.2) is 40.7 Å². The Balaban J connectivity index is 1.56. The van der Waals surface area contributed by atoms with Crippen molar-refractivity contribution in [3.63, 3.8) is 0 Å². The predicted molar refractivity (Wildman–Crippen MR) is 68.1 cm³/mol. The maximum absolute atomic E-state index is 5.03. The topological polar surface area (TPSA) is 54.2 Å². The first-order chi connectivity index (χ1) is 8.81. The van der Waals surface area contributed by atoms with E-state index in [1.165, 1.54) is 38.8 Å². The van der Waals surface area contributed by atoms with Gasteiger partial charge in [-0.15, -0.1) is 0 Å². The van der Waals surface area contributed by atoms with E-state index in [9.17, 15) is 0 Å². The van der Waals surface area contributed by atoms with Gasteiger partial charge in [-0.2, -0.15) is 4.98 Å². The molecule has 3 heterocycles. The van der Waals surface area contributed by atoms with Crippen LogP contribution in [0.15, 0.2) is 4.52 Å². The van der Waals surface area contributed by atoms with Crippen molar-refractivity contribution in [1.29, 1.82) is 0 Å². The highest BCUT2D eigenvalue weighted by molar-refractivity contribution is 4.89. The molecule has 2 atom stereocenters. The summed E-state index contributed by atoms with van der Waals surface area (Å²) >= 11 is 0. The average molecular weight is 250 g/mol. The van der Waals surface area contributed by atoms with Gasteiger partial charge in [-0.25, -0.2) is 0 Å². The van der Waals surface area contributed by atoms with E-state index in [2.05, 4.69) is 20.4 Å². The van der Waals surface area contributed by atoms with E-state index in [1.54, 1.807) is 0 Å². The van der Waals surface area contributed by atoms with Gasteiger partial charge in [-0.3, -0.25) is 4.90 Å². The Morgan fingerprint density at radius 1 is 1.39 bits per heavy atom. The molecule has 0 aromatic carbocycles. The third-order valence-corrected chi connectivity index (χ3v) is 4.14. The molecule has 5 heteroatoms. The predicted octanol–water partition coefficient (Wildman–Crippen LogP) is 1.34. The Bertz CT molecular complexity index is 386. The molecule has 1 aromatic heterocycles. The summed E-state index contributed by atoms with van der Waals surface area (Å²) in [6.07, 6.45) is 5.34. The zero-order chi connectivity index (χ0) is 12.4. The molecule has 0 radical (unpaired) electrons. The highest BCUT2D eigenvalue weighted by atomic mass is 16.5. The highest BCUT2D eigenvalue weighted by Crippen LogP contribution is 2.25. The van der Waals surface area contributed by atoms with E-state index in [0.717, 1.165) is 30.9 Å². The fourth-order valence-corrected chi connectivity index (χ4v) is 3.28. The van der Waals surface area contributed by atoms with Crippen LogP contribution < -0.4 is 5.32 Å². The van der Waals surface area contributed by atoms with Crippen LogP contribution in [0.4, 0.5) is 0 Å². The van der Waals surface area contributed by atoms with Gasteiger partial charge in [-0.1, -0.05) is 5.16 Å². The molecule has 5 nitrogen and oxygen atoms in total. The Morgan fingerprint density at radius 3 is 3.06 bits per heavy atom. The molecule has 2 saturated heterocycles. The molecule has 1 N–H and O–H groups in total.